The molecule has 0 fully saturated rings. The minimum absolute atomic E-state index is 0.0277. The standard InChI is InChI=1S/C11H7N3O3S/c1-6-4-10(15)13-9-3-2-7(14(16)17)5-8(9)12-11(13)18-6/h2-5H,1H3. The first-order valence-electron chi connectivity index (χ1n) is 5.13. The highest BCUT2D eigenvalue weighted by molar-refractivity contribution is 7.16. The van der Waals surface area contributed by atoms with Crippen molar-refractivity contribution in [2.45, 2.75) is 6.92 Å². The monoisotopic (exact) mass is 261 g/mol. The number of rotatable bonds is 1. The van der Waals surface area contributed by atoms with Gasteiger partial charge in [0.1, 0.15) is 0 Å². The molecule has 6 nitrogen and oxygen atoms in total. The summed E-state index contributed by atoms with van der Waals surface area (Å²) in [6.45, 7) is 1.83. The van der Waals surface area contributed by atoms with E-state index in [9.17, 15) is 14.9 Å². The van der Waals surface area contributed by atoms with Gasteiger partial charge in [-0.2, -0.15) is 0 Å². The van der Waals surface area contributed by atoms with Crippen molar-refractivity contribution in [1.29, 1.82) is 0 Å². The van der Waals surface area contributed by atoms with Crippen molar-refractivity contribution in [3.05, 3.63) is 49.6 Å². The molecule has 0 saturated carbocycles. The van der Waals surface area contributed by atoms with Crippen LogP contribution < -0.4 is 5.56 Å². The predicted molar refractivity (Wildman–Crippen MR) is 68.2 cm³/mol. The quantitative estimate of drug-likeness (QED) is 0.496. The van der Waals surface area contributed by atoms with Gasteiger partial charge in [-0.25, -0.2) is 4.98 Å². The minimum Gasteiger partial charge on any atom is -0.269 e. The number of nitro groups is 1. The zero-order valence-electron chi connectivity index (χ0n) is 9.28. The highest BCUT2D eigenvalue weighted by Gasteiger charge is 2.12. The van der Waals surface area contributed by atoms with E-state index in [4.69, 9.17) is 0 Å². The highest BCUT2D eigenvalue weighted by atomic mass is 32.1. The zero-order valence-corrected chi connectivity index (χ0v) is 10.1. The van der Waals surface area contributed by atoms with Crippen molar-refractivity contribution in [2.75, 3.05) is 0 Å². The fourth-order valence-corrected chi connectivity index (χ4v) is 2.72. The molecule has 0 aliphatic rings. The number of hydrogen-bond acceptors (Lipinski definition) is 5. The summed E-state index contributed by atoms with van der Waals surface area (Å²) in [5.41, 5.74) is 0.859. The summed E-state index contributed by atoms with van der Waals surface area (Å²) in [5.74, 6) is 0. The third kappa shape index (κ3) is 1.48. The lowest BCUT2D eigenvalue weighted by Crippen LogP contribution is -2.09. The number of imidazole rings is 1. The van der Waals surface area contributed by atoms with Crippen LogP contribution in [0, 0.1) is 17.0 Å². The fourth-order valence-electron chi connectivity index (χ4n) is 1.85. The second-order valence-electron chi connectivity index (χ2n) is 3.86. The Morgan fingerprint density at radius 2 is 2.17 bits per heavy atom. The van der Waals surface area contributed by atoms with Crippen LogP contribution in [0.4, 0.5) is 5.69 Å². The van der Waals surface area contributed by atoms with Gasteiger partial charge >= 0.3 is 0 Å². The molecule has 7 heteroatoms. The number of aromatic nitrogens is 2. The molecule has 3 rings (SSSR count). The molecule has 0 aliphatic carbocycles. The third-order valence-electron chi connectivity index (χ3n) is 2.62. The van der Waals surface area contributed by atoms with Crippen LogP contribution in [-0.4, -0.2) is 14.3 Å². The molecular formula is C11H7N3O3S. The largest absolute Gasteiger partial charge is 0.271 e. The van der Waals surface area contributed by atoms with Crippen molar-refractivity contribution in [3.63, 3.8) is 0 Å². The molecular weight excluding hydrogens is 254 g/mol. The van der Waals surface area contributed by atoms with Crippen LogP contribution in [-0.2, 0) is 0 Å². The minimum atomic E-state index is -0.476. The van der Waals surface area contributed by atoms with Crippen molar-refractivity contribution in [3.8, 4) is 0 Å². The number of non-ortho nitro benzene ring substituents is 1. The molecule has 0 radical (unpaired) electrons. The molecule has 1 aromatic carbocycles. The molecule has 0 N–H and O–H groups in total. The normalized spacial score (nSPS) is 11.2. The SMILES string of the molecule is Cc1cc(=O)n2c(nc3cc([N+](=O)[O-])ccc32)s1. The van der Waals surface area contributed by atoms with Gasteiger partial charge in [0, 0.05) is 23.1 Å². The van der Waals surface area contributed by atoms with Gasteiger partial charge in [0.2, 0.25) is 0 Å². The number of hydrogen-bond donors (Lipinski definition) is 0. The topological polar surface area (TPSA) is 77.5 Å². The summed E-state index contributed by atoms with van der Waals surface area (Å²) >= 11 is 1.38. The summed E-state index contributed by atoms with van der Waals surface area (Å²) in [6.07, 6.45) is 0. The molecule has 0 bridgehead atoms. The first-order valence-corrected chi connectivity index (χ1v) is 5.95. The number of nitro benzene ring substituents is 1. The average molecular weight is 261 g/mol. The molecule has 0 atom stereocenters. The summed E-state index contributed by atoms with van der Waals surface area (Å²) in [6, 6.07) is 5.83. The Kier molecular flexibility index (Phi) is 2.17. The first-order chi connectivity index (χ1) is 8.56. The summed E-state index contributed by atoms with van der Waals surface area (Å²) in [7, 11) is 0. The van der Waals surface area contributed by atoms with Crippen LogP contribution in [0.3, 0.4) is 0 Å². The van der Waals surface area contributed by atoms with E-state index in [2.05, 4.69) is 4.98 Å². The van der Waals surface area contributed by atoms with Crippen LogP contribution in [0.1, 0.15) is 4.88 Å². The Morgan fingerprint density at radius 3 is 2.89 bits per heavy atom. The van der Waals surface area contributed by atoms with Gasteiger partial charge in [-0.3, -0.25) is 19.3 Å². The number of fused-ring (bicyclic) bond motifs is 3. The van der Waals surface area contributed by atoms with Crippen LogP contribution in [0.15, 0.2) is 29.1 Å². The Bertz CT molecular complexity index is 850. The van der Waals surface area contributed by atoms with E-state index in [1.54, 1.807) is 6.07 Å². The Hall–Kier alpha value is -2.28. The van der Waals surface area contributed by atoms with E-state index in [1.165, 1.54) is 33.9 Å². The van der Waals surface area contributed by atoms with E-state index in [1.807, 2.05) is 6.92 Å². The van der Waals surface area contributed by atoms with Crippen LogP contribution in [0.5, 0.6) is 0 Å². The summed E-state index contributed by atoms with van der Waals surface area (Å²) in [5, 5.41) is 10.7. The molecule has 0 aliphatic heterocycles. The molecule has 3 aromatic rings. The van der Waals surface area contributed by atoms with E-state index >= 15 is 0 Å². The summed E-state index contributed by atoms with van der Waals surface area (Å²) in [4.78, 5) is 27.8. The lowest BCUT2D eigenvalue weighted by Gasteiger charge is -1.94. The first kappa shape index (κ1) is 10.8. The van der Waals surface area contributed by atoms with E-state index in [0.717, 1.165) is 4.88 Å². The molecule has 0 amide bonds. The predicted octanol–water partition coefficient (Wildman–Crippen LogP) is 2.13. The third-order valence-corrected chi connectivity index (χ3v) is 3.51. The maximum absolute atomic E-state index is 11.9. The van der Waals surface area contributed by atoms with Crippen molar-refractivity contribution >= 4 is 33.0 Å². The molecule has 90 valence electrons. The van der Waals surface area contributed by atoms with Crippen molar-refractivity contribution in [1.82, 2.24) is 9.38 Å². The molecule has 0 spiro atoms. The van der Waals surface area contributed by atoms with Gasteiger partial charge in [0.15, 0.2) is 4.96 Å². The number of nitrogens with zero attached hydrogens (tertiary/aromatic N) is 3. The second-order valence-corrected chi connectivity index (χ2v) is 5.07. The fraction of sp³-hybridized carbons (Fsp3) is 0.0909. The van der Waals surface area contributed by atoms with Gasteiger partial charge < -0.3 is 0 Å². The average Bonchev–Trinajstić information content (AvgIpc) is 2.65. The van der Waals surface area contributed by atoms with Crippen LogP contribution in [0.2, 0.25) is 0 Å². The van der Waals surface area contributed by atoms with Crippen molar-refractivity contribution < 1.29 is 4.92 Å². The number of benzene rings is 1. The summed E-state index contributed by atoms with van der Waals surface area (Å²) < 4.78 is 1.47. The Balaban J connectivity index is 2.47. The van der Waals surface area contributed by atoms with E-state index < -0.39 is 4.92 Å². The second kappa shape index (κ2) is 3.61. The molecule has 2 aromatic heterocycles. The molecule has 0 unspecified atom stereocenters. The van der Waals surface area contributed by atoms with Crippen LogP contribution >= 0.6 is 11.3 Å². The lowest BCUT2D eigenvalue weighted by molar-refractivity contribution is -0.384. The molecule has 2 heterocycles. The maximum atomic E-state index is 11.9. The van der Waals surface area contributed by atoms with Gasteiger partial charge in [-0.1, -0.05) is 0 Å². The van der Waals surface area contributed by atoms with Gasteiger partial charge in [-0.15, -0.1) is 11.3 Å². The van der Waals surface area contributed by atoms with Gasteiger partial charge in [0.25, 0.3) is 11.2 Å². The van der Waals surface area contributed by atoms with E-state index in [0.29, 0.717) is 16.0 Å². The smallest absolute Gasteiger partial charge is 0.269 e. The molecule has 0 saturated heterocycles. The van der Waals surface area contributed by atoms with Crippen LogP contribution in [0.25, 0.3) is 16.0 Å². The Labute approximate surface area is 104 Å². The maximum Gasteiger partial charge on any atom is 0.271 e. The highest BCUT2D eigenvalue weighted by Crippen LogP contribution is 2.23. The van der Waals surface area contributed by atoms with E-state index in [-0.39, 0.29) is 11.2 Å². The lowest BCUT2D eigenvalue weighted by atomic mass is 10.3. The molecule has 18 heavy (non-hydrogen) atoms. The van der Waals surface area contributed by atoms with Gasteiger partial charge in [0.05, 0.1) is 16.0 Å². The van der Waals surface area contributed by atoms with Gasteiger partial charge in [-0.05, 0) is 13.0 Å². The zero-order chi connectivity index (χ0) is 12.9. The Morgan fingerprint density at radius 1 is 1.39 bits per heavy atom. The number of aryl methyl sites for hydroxylation is 1. The van der Waals surface area contributed by atoms with Crippen molar-refractivity contribution in [2.24, 2.45) is 0 Å².